The molecule has 1 aromatic carbocycles. The van der Waals surface area contributed by atoms with E-state index in [0.29, 0.717) is 16.7 Å². The first kappa shape index (κ1) is 16.8. The molecule has 0 saturated carbocycles. The number of nitrogens with zero attached hydrogens (tertiary/aromatic N) is 2. The molecule has 0 saturated heterocycles. The summed E-state index contributed by atoms with van der Waals surface area (Å²) >= 11 is 1.31. The van der Waals surface area contributed by atoms with Crippen molar-refractivity contribution in [2.45, 2.75) is 24.4 Å². The molecule has 2 rings (SSSR count). The van der Waals surface area contributed by atoms with Crippen LogP contribution in [-0.4, -0.2) is 21.4 Å². The summed E-state index contributed by atoms with van der Waals surface area (Å²) < 4.78 is 6.49. The van der Waals surface area contributed by atoms with Gasteiger partial charge in [-0.3, -0.25) is 14.4 Å². The Morgan fingerprint density at radius 3 is 2.57 bits per heavy atom. The molecule has 0 radical (unpaired) electrons. The van der Waals surface area contributed by atoms with Crippen molar-refractivity contribution in [1.82, 2.24) is 9.55 Å². The zero-order chi connectivity index (χ0) is 16.8. The number of amides is 1. The molecule has 120 valence electrons. The summed E-state index contributed by atoms with van der Waals surface area (Å²) in [6, 6.07) is 8.27. The van der Waals surface area contributed by atoms with Crippen LogP contribution in [0, 0.1) is 0 Å². The summed E-state index contributed by atoms with van der Waals surface area (Å²) in [5.74, 6) is 0.115. The molecule has 0 bridgehead atoms. The van der Waals surface area contributed by atoms with Gasteiger partial charge in [0.25, 0.3) is 5.56 Å². The van der Waals surface area contributed by atoms with E-state index in [1.165, 1.54) is 35.5 Å². The zero-order valence-electron chi connectivity index (χ0n) is 12.4. The standard InChI is InChI=1S/C15H15N3O4S/c1-10(19)22-12-4-2-11(3-5-12)9-23-15-17-14(21)6-7-18(15)8-13(16)20/h2-7H,8-9H2,1H3,(H2,16,20). The van der Waals surface area contributed by atoms with Crippen LogP contribution in [0.4, 0.5) is 0 Å². The summed E-state index contributed by atoms with van der Waals surface area (Å²) in [6.45, 7) is 1.30. The first-order chi connectivity index (χ1) is 10.9. The summed E-state index contributed by atoms with van der Waals surface area (Å²) in [5, 5.41) is 0.417. The predicted octanol–water partition coefficient (Wildman–Crippen LogP) is 0.946. The smallest absolute Gasteiger partial charge is 0.308 e. The number of hydrogen-bond acceptors (Lipinski definition) is 6. The minimum Gasteiger partial charge on any atom is -0.427 e. The number of carbonyl (C=O) groups is 2. The number of rotatable bonds is 6. The number of esters is 1. The highest BCUT2D eigenvalue weighted by atomic mass is 32.2. The van der Waals surface area contributed by atoms with Crippen LogP contribution in [0.15, 0.2) is 46.5 Å². The van der Waals surface area contributed by atoms with Gasteiger partial charge in [0.05, 0.1) is 0 Å². The minimum atomic E-state index is -0.511. The molecule has 0 fully saturated rings. The maximum absolute atomic E-state index is 11.4. The molecule has 23 heavy (non-hydrogen) atoms. The van der Waals surface area contributed by atoms with Gasteiger partial charge < -0.3 is 15.0 Å². The van der Waals surface area contributed by atoms with E-state index in [1.807, 2.05) is 12.1 Å². The largest absolute Gasteiger partial charge is 0.427 e. The molecular weight excluding hydrogens is 318 g/mol. The first-order valence-corrected chi connectivity index (χ1v) is 7.68. The van der Waals surface area contributed by atoms with Crippen molar-refractivity contribution in [2.75, 3.05) is 0 Å². The number of carbonyl (C=O) groups excluding carboxylic acids is 2. The van der Waals surface area contributed by atoms with Crippen LogP contribution >= 0.6 is 11.8 Å². The van der Waals surface area contributed by atoms with E-state index in [9.17, 15) is 14.4 Å². The molecule has 7 nitrogen and oxygen atoms in total. The molecule has 0 spiro atoms. The molecule has 0 unspecified atom stereocenters. The molecule has 1 aromatic heterocycles. The highest BCUT2D eigenvalue weighted by Crippen LogP contribution is 2.21. The summed E-state index contributed by atoms with van der Waals surface area (Å²) in [5.41, 5.74) is 5.76. The van der Waals surface area contributed by atoms with Gasteiger partial charge in [-0.05, 0) is 17.7 Å². The molecule has 0 aliphatic carbocycles. The summed E-state index contributed by atoms with van der Waals surface area (Å²) in [4.78, 5) is 37.2. The van der Waals surface area contributed by atoms with Gasteiger partial charge in [0.1, 0.15) is 12.3 Å². The molecular formula is C15H15N3O4S. The molecule has 0 aliphatic rings. The molecule has 1 amide bonds. The third kappa shape index (κ3) is 5.26. The lowest BCUT2D eigenvalue weighted by Gasteiger charge is -2.09. The Hall–Kier alpha value is -2.61. The first-order valence-electron chi connectivity index (χ1n) is 6.70. The lowest BCUT2D eigenvalue weighted by molar-refractivity contribution is -0.131. The second-order valence-corrected chi connectivity index (χ2v) is 5.61. The van der Waals surface area contributed by atoms with Gasteiger partial charge in [0.15, 0.2) is 5.16 Å². The number of thioether (sulfide) groups is 1. The number of aromatic nitrogens is 2. The number of benzene rings is 1. The Bertz CT molecular complexity index is 771. The van der Waals surface area contributed by atoms with Gasteiger partial charge >= 0.3 is 5.97 Å². The van der Waals surface area contributed by atoms with Gasteiger partial charge in [-0.1, -0.05) is 23.9 Å². The average molecular weight is 333 g/mol. The minimum absolute atomic E-state index is 0.0407. The Labute approximate surface area is 136 Å². The quantitative estimate of drug-likeness (QED) is 0.365. The molecule has 2 aromatic rings. The molecule has 1 heterocycles. The number of nitrogens with two attached hydrogens (primary N) is 1. The monoisotopic (exact) mass is 333 g/mol. The average Bonchev–Trinajstić information content (AvgIpc) is 2.48. The topological polar surface area (TPSA) is 104 Å². The van der Waals surface area contributed by atoms with E-state index in [1.54, 1.807) is 12.1 Å². The van der Waals surface area contributed by atoms with E-state index in [2.05, 4.69) is 4.98 Å². The van der Waals surface area contributed by atoms with E-state index in [-0.39, 0.29) is 18.1 Å². The van der Waals surface area contributed by atoms with E-state index in [4.69, 9.17) is 10.5 Å². The van der Waals surface area contributed by atoms with Crippen molar-refractivity contribution in [3.63, 3.8) is 0 Å². The Morgan fingerprint density at radius 1 is 1.26 bits per heavy atom. The SMILES string of the molecule is CC(=O)Oc1ccc(CSc2nc(=O)ccn2CC(N)=O)cc1. The van der Waals surface area contributed by atoms with Gasteiger partial charge in [-0.2, -0.15) is 4.98 Å². The normalized spacial score (nSPS) is 10.3. The highest BCUT2D eigenvalue weighted by molar-refractivity contribution is 7.98. The van der Waals surface area contributed by atoms with E-state index < -0.39 is 5.91 Å². The lowest BCUT2D eigenvalue weighted by Crippen LogP contribution is -2.22. The summed E-state index contributed by atoms with van der Waals surface area (Å²) in [6.07, 6.45) is 1.49. The van der Waals surface area contributed by atoms with Crippen molar-refractivity contribution < 1.29 is 14.3 Å². The maximum Gasteiger partial charge on any atom is 0.308 e. The fourth-order valence-electron chi connectivity index (χ4n) is 1.78. The van der Waals surface area contributed by atoms with Crippen LogP contribution in [-0.2, 0) is 21.9 Å². The van der Waals surface area contributed by atoms with Crippen molar-refractivity contribution in [1.29, 1.82) is 0 Å². The number of hydrogen-bond donors (Lipinski definition) is 1. The van der Waals surface area contributed by atoms with Crippen LogP contribution in [0.1, 0.15) is 12.5 Å². The fourth-order valence-corrected chi connectivity index (χ4v) is 2.72. The second-order valence-electron chi connectivity index (χ2n) is 4.67. The van der Waals surface area contributed by atoms with Crippen LogP contribution < -0.4 is 16.0 Å². The molecule has 8 heteroatoms. The Kier molecular flexibility index (Phi) is 5.53. The Balaban J connectivity index is 2.08. The van der Waals surface area contributed by atoms with Crippen LogP contribution in [0.3, 0.4) is 0 Å². The highest BCUT2D eigenvalue weighted by Gasteiger charge is 2.07. The second kappa shape index (κ2) is 7.59. The number of ether oxygens (including phenoxy) is 1. The van der Waals surface area contributed by atoms with Crippen molar-refractivity contribution in [3.8, 4) is 5.75 Å². The van der Waals surface area contributed by atoms with Gasteiger partial charge in [0, 0.05) is 24.9 Å². The predicted molar refractivity (Wildman–Crippen MR) is 85.0 cm³/mol. The molecule has 0 aliphatic heterocycles. The van der Waals surface area contributed by atoms with Gasteiger partial charge in [-0.15, -0.1) is 0 Å². The number of primary amides is 1. The third-order valence-electron chi connectivity index (χ3n) is 2.73. The molecule has 2 N–H and O–H groups in total. The van der Waals surface area contributed by atoms with Crippen LogP contribution in [0.5, 0.6) is 5.75 Å². The lowest BCUT2D eigenvalue weighted by atomic mass is 10.2. The van der Waals surface area contributed by atoms with Crippen molar-refractivity contribution >= 4 is 23.6 Å². The van der Waals surface area contributed by atoms with Gasteiger partial charge in [-0.25, -0.2) is 0 Å². The van der Waals surface area contributed by atoms with E-state index >= 15 is 0 Å². The van der Waals surface area contributed by atoms with Crippen molar-refractivity contribution in [3.05, 3.63) is 52.4 Å². The summed E-state index contributed by atoms with van der Waals surface area (Å²) in [7, 11) is 0. The van der Waals surface area contributed by atoms with Gasteiger partial charge in [0.2, 0.25) is 5.91 Å². The van der Waals surface area contributed by atoms with E-state index in [0.717, 1.165) is 5.56 Å². The maximum atomic E-state index is 11.4. The zero-order valence-corrected chi connectivity index (χ0v) is 13.2. The van der Waals surface area contributed by atoms with Crippen LogP contribution in [0.2, 0.25) is 0 Å². The molecule has 0 atom stereocenters. The van der Waals surface area contributed by atoms with Crippen molar-refractivity contribution in [2.24, 2.45) is 5.73 Å². The third-order valence-corrected chi connectivity index (χ3v) is 3.79. The fraction of sp³-hybridized carbons (Fsp3) is 0.200. The Morgan fingerprint density at radius 2 is 1.96 bits per heavy atom. The van der Waals surface area contributed by atoms with Crippen LogP contribution in [0.25, 0.3) is 0 Å².